The molecule has 3 aliphatic rings. The van der Waals surface area contributed by atoms with Gasteiger partial charge in [-0.1, -0.05) is 26.2 Å². The van der Waals surface area contributed by atoms with E-state index < -0.39 is 0 Å². The predicted octanol–water partition coefficient (Wildman–Crippen LogP) is 3.67. The normalized spacial score (nSPS) is 43.5. The fraction of sp³-hybridized carbons (Fsp3) is 0.947. The molecule has 3 rings (SSSR count). The Bertz CT molecular complexity index is 365. The summed E-state index contributed by atoms with van der Waals surface area (Å²) < 4.78 is 0. The Labute approximate surface area is 136 Å². The molecule has 1 heterocycles. The quantitative estimate of drug-likeness (QED) is 0.836. The molecule has 2 N–H and O–H groups in total. The molecule has 3 fully saturated rings. The highest BCUT2D eigenvalue weighted by molar-refractivity contribution is 4.92. The van der Waals surface area contributed by atoms with Crippen LogP contribution in [0, 0.1) is 40.9 Å². The van der Waals surface area contributed by atoms with Gasteiger partial charge in [-0.15, -0.1) is 0 Å². The second kappa shape index (κ2) is 7.79. The molecule has 0 atom stereocenters. The number of nitriles is 1. The molecule has 2 saturated carbocycles. The van der Waals surface area contributed by atoms with Crippen molar-refractivity contribution >= 4 is 0 Å². The lowest BCUT2D eigenvalue weighted by atomic mass is 9.74. The lowest BCUT2D eigenvalue weighted by Crippen LogP contribution is -2.58. The summed E-state index contributed by atoms with van der Waals surface area (Å²) in [5.41, 5.74) is 0. The molecule has 22 heavy (non-hydrogen) atoms. The number of nitrogens with one attached hydrogen (secondary N) is 2. The van der Waals surface area contributed by atoms with Crippen molar-refractivity contribution in [1.82, 2.24) is 10.6 Å². The van der Waals surface area contributed by atoms with E-state index in [1.165, 1.54) is 58.0 Å². The maximum absolute atomic E-state index is 9.02. The van der Waals surface area contributed by atoms with Crippen LogP contribution in [0.3, 0.4) is 0 Å². The summed E-state index contributed by atoms with van der Waals surface area (Å²) in [4.78, 5) is 0. The molecular formula is C19H33N3. The van der Waals surface area contributed by atoms with Crippen molar-refractivity contribution in [2.75, 3.05) is 13.1 Å². The van der Waals surface area contributed by atoms with Crippen LogP contribution in [0.1, 0.15) is 64.7 Å². The first-order valence-corrected chi connectivity index (χ1v) is 9.66. The van der Waals surface area contributed by atoms with Crippen molar-refractivity contribution in [3.05, 3.63) is 0 Å². The average molecular weight is 303 g/mol. The molecule has 3 heteroatoms. The Morgan fingerprint density at radius 2 is 1.41 bits per heavy atom. The van der Waals surface area contributed by atoms with Crippen molar-refractivity contribution in [3.63, 3.8) is 0 Å². The second-order valence-corrected chi connectivity index (χ2v) is 7.98. The number of rotatable bonds is 3. The zero-order chi connectivity index (χ0) is 15.4. The molecule has 2 aliphatic carbocycles. The third-order valence-corrected chi connectivity index (χ3v) is 6.76. The topological polar surface area (TPSA) is 47.9 Å². The van der Waals surface area contributed by atoms with E-state index in [0.29, 0.717) is 12.1 Å². The minimum Gasteiger partial charge on any atom is -0.301 e. The van der Waals surface area contributed by atoms with Gasteiger partial charge in [0.2, 0.25) is 0 Å². The molecular weight excluding hydrogens is 270 g/mol. The smallest absolute Gasteiger partial charge is 0.0655 e. The molecule has 0 spiro atoms. The van der Waals surface area contributed by atoms with Gasteiger partial charge < -0.3 is 10.6 Å². The predicted molar refractivity (Wildman–Crippen MR) is 90.1 cm³/mol. The third-order valence-electron chi connectivity index (χ3n) is 6.76. The first-order chi connectivity index (χ1) is 10.8. The average Bonchev–Trinajstić information content (AvgIpc) is 2.62. The molecule has 124 valence electrons. The van der Waals surface area contributed by atoms with Gasteiger partial charge >= 0.3 is 0 Å². The highest BCUT2D eigenvalue weighted by Gasteiger charge is 2.33. The van der Waals surface area contributed by atoms with Gasteiger partial charge in [0.1, 0.15) is 0 Å². The summed E-state index contributed by atoms with van der Waals surface area (Å²) in [6, 6.07) is 2.44. The molecule has 1 aliphatic heterocycles. The van der Waals surface area contributed by atoms with Crippen LogP contribution < -0.4 is 10.6 Å². The summed E-state index contributed by atoms with van der Waals surface area (Å²) in [6.45, 7) is 4.76. The summed E-state index contributed by atoms with van der Waals surface area (Å²) in [5, 5.41) is 16.6. The van der Waals surface area contributed by atoms with E-state index in [4.69, 9.17) is 5.26 Å². The first-order valence-electron chi connectivity index (χ1n) is 9.66. The van der Waals surface area contributed by atoms with Gasteiger partial charge in [0.05, 0.1) is 12.2 Å². The molecule has 0 aromatic rings. The van der Waals surface area contributed by atoms with Crippen LogP contribution in [0.25, 0.3) is 0 Å². The summed E-state index contributed by atoms with van der Waals surface area (Å²) >= 11 is 0. The van der Waals surface area contributed by atoms with Gasteiger partial charge in [0.25, 0.3) is 0 Å². The monoisotopic (exact) mass is 303 g/mol. The fourth-order valence-corrected chi connectivity index (χ4v) is 5.02. The zero-order valence-corrected chi connectivity index (χ0v) is 14.2. The number of nitrogens with zero attached hydrogens (tertiary/aromatic N) is 1. The van der Waals surface area contributed by atoms with E-state index >= 15 is 0 Å². The van der Waals surface area contributed by atoms with Crippen molar-refractivity contribution in [3.8, 4) is 6.07 Å². The molecule has 0 bridgehead atoms. The Balaban J connectivity index is 1.40. The van der Waals surface area contributed by atoms with Crippen LogP contribution in [0.2, 0.25) is 0 Å². The van der Waals surface area contributed by atoms with Gasteiger partial charge in [0, 0.05) is 19.0 Å². The van der Waals surface area contributed by atoms with Gasteiger partial charge in [-0.3, -0.25) is 0 Å². The van der Waals surface area contributed by atoms with Gasteiger partial charge in [-0.05, 0) is 62.2 Å². The van der Waals surface area contributed by atoms with Gasteiger partial charge in [-0.2, -0.15) is 5.26 Å². The highest BCUT2D eigenvalue weighted by atomic mass is 15.2. The van der Waals surface area contributed by atoms with Crippen molar-refractivity contribution in [1.29, 1.82) is 5.26 Å². The van der Waals surface area contributed by atoms with E-state index in [2.05, 4.69) is 23.6 Å². The first kappa shape index (κ1) is 16.3. The Hall–Kier alpha value is -0.590. The summed E-state index contributed by atoms with van der Waals surface area (Å²) in [7, 11) is 0. The van der Waals surface area contributed by atoms with Crippen LogP contribution in [-0.4, -0.2) is 19.3 Å². The number of hydrogen-bond acceptors (Lipinski definition) is 3. The second-order valence-electron chi connectivity index (χ2n) is 7.98. The minimum absolute atomic E-state index is 0.321. The van der Waals surface area contributed by atoms with E-state index in [9.17, 15) is 0 Å². The molecule has 1 saturated heterocycles. The molecule has 0 unspecified atom stereocenters. The number of hydrogen-bond donors (Lipinski definition) is 2. The molecule has 3 nitrogen and oxygen atoms in total. The van der Waals surface area contributed by atoms with Crippen LogP contribution >= 0.6 is 0 Å². The van der Waals surface area contributed by atoms with E-state index in [-0.39, 0.29) is 0 Å². The fourth-order valence-electron chi connectivity index (χ4n) is 5.02. The lowest BCUT2D eigenvalue weighted by molar-refractivity contribution is 0.127. The Morgan fingerprint density at radius 3 is 1.95 bits per heavy atom. The molecule has 0 aromatic carbocycles. The summed E-state index contributed by atoms with van der Waals surface area (Å²) in [5.74, 6) is 3.84. The molecule has 0 aromatic heterocycles. The largest absolute Gasteiger partial charge is 0.301 e. The molecule has 0 radical (unpaired) electrons. The Kier molecular flexibility index (Phi) is 5.77. The maximum Gasteiger partial charge on any atom is 0.0655 e. The van der Waals surface area contributed by atoms with Crippen molar-refractivity contribution < 1.29 is 0 Å². The van der Waals surface area contributed by atoms with Gasteiger partial charge in [-0.25, -0.2) is 0 Å². The van der Waals surface area contributed by atoms with Gasteiger partial charge in [0.15, 0.2) is 0 Å². The third kappa shape index (κ3) is 3.84. The van der Waals surface area contributed by atoms with Crippen molar-refractivity contribution in [2.24, 2.45) is 29.6 Å². The Morgan fingerprint density at radius 1 is 0.818 bits per heavy atom. The van der Waals surface area contributed by atoms with Crippen molar-refractivity contribution in [2.45, 2.75) is 70.9 Å². The highest BCUT2D eigenvalue weighted by Crippen LogP contribution is 2.36. The van der Waals surface area contributed by atoms with Crippen LogP contribution in [0.4, 0.5) is 0 Å². The standard InChI is InChI=1S/C19H33N3/c1-2-14-3-7-16(8-4-14)18-12-21-19(22-13-18)17-9-5-15(11-20)6-10-17/h14-19,21-22H,2-10,12-13H2,1H3. The van der Waals surface area contributed by atoms with Crippen LogP contribution in [0.15, 0.2) is 0 Å². The maximum atomic E-state index is 9.02. The molecule has 0 amide bonds. The lowest BCUT2D eigenvalue weighted by Gasteiger charge is -2.42. The van der Waals surface area contributed by atoms with Crippen LogP contribution in [-0.2, 0) is 0 Å². The van der Waals surface area contributed by atoms with E-state index in [1.54, 1.807) is 0 Å². The zero-order valence-electron chi connectivity index (χ0n) is 14.2. The van der Waals surface area contributed by atoms with E-state index in [1.807, 2.05) is 0 Å². The van der Waals surface area contributed by atoms with E-state index in [0.717, 1.165) is 36.5 Å². The minimum atomic E-state index is 0.321. The summed E-state index contributed by atoms with van der Waals surface area (Å²) in [6.07, 6.45) is 12.3. The SMILES string of the molecule is CCC1CCC(C2CNC(C3CCC(C#N)CC3)NC2)CC1. The van der Waals surface area contributed by atoms with Crippen LogP contribution in [0.5, 0.6) is 0 Å².